The third-order valence-corrected chi connectivity index (χ3v) is 6.91. The molecular formula is C28H36ClFN4O3. The number of hydrogen-bond acceptors (Lipinski definition) is 4. The maximum atomic E-state index is 13.8. The SMILES string of the molecule is CCC[C@H]1C(=O)N([C@@H](Cc2ccccc2Cl)C(=O)NC(C)C)CCN1C(=O)[C@H](N)Cc1ccc(F)cc1. The van der Waals surface area contributed by atoms with Crippen LogP contribution < -0.4 is 11.1 Å². The lowest BCUT2D eigenvalue weighted by atomic mass is 9.97. The summed E-state index contributed by atoms with van der Waals surface area (Å²) < 4.78 is 13.3. The van der Waals surface area contributed by atoms with Gasteiger partial charge in [-0.15, -0.1) is 0 Å². The van der Waals surface area contributed by atoms with Crippen molar-refractivity contribution in [1.29, 1.82) is 0 Å². The molecule has 2 aromatic rings. The molecule has 1 aliphatic heterocycles. The summed E-state index contributed by atoms with van der Waals surface area (Å²) in [4.78, 5) is 43.5. The largest absolute Gasteiger partial charge is 0.352 e. The van der Waals surface area contributed by atoms with Gasteiger partial charge < -0.3 is 20.9 Å². The monoisotopic (exact) mass is 530 g/mol. The van der Waals surface area contributed by atoms with E-state index in [2.05, 4.69) is 5.32 Å². The van der Waals surface area contributed by atoms with Gasteiger partial charge in [0.05, 0.1) is 6.04 Å². The third-order valence-electron chi connectivity index (χ3n) is 6.54. The zero-order chi connectivity index (χ0) is 27.1. The molecule has 0 bridgehead atoms. The average Bonchev–Trinajstić information content (AvgIpc) is 2.85. The van der Waals surface area contributed by atoms with Crippen molar-refractivity contribution in [3.63, 3.8) is 0 Å². The Labute approximate surface area is 223 Å². The molecule has 3 rings (SSSR count). The molecular weight excluding hydrogens is 495 g/mol. The molecule has 1 aliphatic rings. The van der Waals surface area contributed by atoms with Crippen LogP contribution in [-0.4, -0.2) is 64.8 Å². The molecule has 1 saturated heterocycles. The van der Waals surface area contributed by atoms with Crippen molar-refractivity contribution in [2.24, 2.45) is 5.73 Å². The second-order valence-electron chi connectivity index (χ2n) is 9.78. The molecule has 1 heterocycles. The number of nitrogens with two attached hydrogens (primary N) is 1. The van der Waals surface area contributed by atoms with Crippen LogP contribution in [0.2, 0.25) is 5.02 Å². The Hall–Kier alpha value is -2.97. The van der Waals surface area contributed by atoms with Crippen molar-refractivity contribution in [3.8, 4) is 0 Å². The fourth-order valence-corrected chi connectivity index (χ4v) is 4.92. The van der Waals surface area contributed by atoms with E-state index in [1.165, 1.54) is 12.1 Å². The minimum absolute atomic E-state index is 0.102. The number of hydrogen-bond donors (Lipinski definition) is 2. The summed E-state index contributed by atoms with van der Waals surface area (Å²) in [5.74, 6) is -1.22. The lowest BCUT2D eigenvalue weighted by Crippen LogP contribution is -2.65. The number of nitrogens with one attached hydrogen (secondary N) is 1. The Morgan fingerprint density at radius 1 is 1.11 bits per heavy atom. The molecule has 0 aromatic heterocycles. The zero-order valence-electron chi connectivity index (χ0n) is 21.6. The van der Waals surface area contributed by atoms with Crippen LogP contribution in [0, 0.1) is 5.82 Å². The van der Waals surface area contributed by atoms with E-state index in [1.807, 2.05) is 39.0 Å². The van der Waals surface area contributed by atoms with Crippen LogP contribution in [0.15, 0.2) is 48.5 Å². The Morgan fingerprint density at radius 2 is 1.78 bits per heavy atom. The number of benzene rings is 2. The fraction of sp³-hybridized carbons (Fsp3) is 0.464. The Bertz CT molecular complexity index is 1100. The van der Waals surface area contributed by atoms with Gasteiger partial charge in [-0.3, -0.25) is 14.4 Å². The molecule has 9 heteroatoms. The molecule has 7 nitrogen and oxygen atoms in total. The number of halogens is 2. The summed E-state index contributed by atoms with van der Waals surface area (Å²) in [5, 5.41) is 3.46. The van der Waals surface area contributed by atoms with E-state index in [0.29, 0.717) is 17.9 Å². The van der Waals surface area contributed by atoms with E-state index in [1.54, 1.807) is 28.0 Å². The first-order valence-corrected chi connectivity index (χ1v) is 13.1. The van der Waals surface area contributed by atoms with Gasteiger partial charge in [-0.25, -0.2) is 4.39 Å². The van der Waals surface area contributed by atoms with Crippen LogP contribution in [-0.2, 0) is 27.2 Å². The van der Waals surface area contributed by atoms with Crippen LogP contribution in [0.4, 0.5) is 4.39 Å². The van der Waals surface area contributed by atoms with Gasteiger partial charge in [0.1, 0.15) is 17.9 Å². The van der Waals surface area contributed by atoms with Crippen LogP contribution in [0.5, 0.6) is 0 Å². The second-order valence-corrected chi connectivity index (χ2v) is 10.2. The summed E-state index contributed by atoms with van der Waals surface area (Å²) in [6.07, 6.45) is 1.63. The van der Waals surface area contributed by atoms with Gasteiger partial charge in [-0.05, 0) is 56.0 Å². The number of amides is 3. The van der Waals surface area contributed by atoms with Gasteiger partial charge in [0.2, 0.25) is 17.7 Å². The highest BCUT2D eigenvalue weighted by Crippen LogP contribution is 2.24. The molecule has 37 heavy (non-hydrogen) atoms. The van der Waals surface area contributed by atoms with Crippen molar-refractivity contribution in [1.82, 2.24) is 15.1 Å². The molecule has 1 fully saturated rings. The van der Waals surface area contributed by atoms with Gasteiger partial charge in [-0.1, -0.05) is 55.3 Å². The summed E-state index contributed by atoms with van der Waals surface area (Å²) in [5.41, 5.74) is 7.76. The Balaban J connectivity index is 1.82. The molecule has 2 aromatic carbocycles. The zero-order valence-corrected chi connectivity index (χ0v) is 22.4. The normalized spacial score (nSPS) is 17.6. The Morgan fingerprint density at radius 3 is 2.41 bits per heavy atom. The van der Waals surface area contributed by atoms with E-state index in [0.717, 1.165) is 11.1 Å². The fourth-order valence-electron chi connectivity index (χ4n) is 4.70. The number of piperazine rings is 1. The smallest absolute Gasteiger partial charge is 0.246 e. The second kappa shape index (κ2) is 13.0. The van der Waals surface area contributed by atoms with Crippen LogP contribution in [0.1, 0.15) is 44.7 Å². The predicted octanol–water partition coefficient (Wildman–Crippen LogP) is 3.32. The van der Waals surface area contributed by atoms with Gasteiger partial charge in [-0.2, -0.15) is 0 Å². The van der Waals surface area contributed by atoms with Crippen molar-refractivity contribution >= 4 is 29.3 Å². The summed E-state index contributed by atoms with van der Waals surface area (Å²) in [7, 11) is 0. The maximum absolute atomic E-state index is 13.8. The van der Waals surface area contributed by atoms with Gasteiger partial charge in [0.15, 0.2) is 0 Å². The average molecular weight is 531 g/mol. The number of carbonyl (C=O) groups excluding carboxylic acids is 3. The summed E-state index contributed by atoms with van der Waals surface area (Å²) in [6, 6.07) is 10.7. The lowest BCUT2D eigenvalue weighted by molar-refractivity contribution is -0.156. The highest BCUT2D eigenvalue weighted by Gasteiger charge is 2.42. The first-order valence-electron chi connectivity index (χ1n) is 12.8. The van der Waals surface area contributed by atoms with E-state index < -0.39 is 18.1 Å². The minimum atomic E-state index is -0.868. The van der Waals surface area contributed by atoms with Crippen molar-refractivity contribution in [2.75, 3.05) is 13.1 Å². The minimum Gasteiger partial charge on any atom is -0.352 e. The maximum Gasteiger partial charge on any atom is 0.246 e. The van der Waals surface area contributed by atoms with Crippen molar-refractivity contribution < 1.29 is 18.8 Å². The lowest BCUT2D eigenvalue weighted by Gasteiger charge is -2.44. The van der Waals surface area contributed by atoms with E-state index in [9.17, 15) is 18.8 Å². The summed E-state index contributed by atoms with van der Waals surface area (Å²) in [6.45, 7) is 6.14. The topological polar surface area (TPSA) is 95.7 Å². The highest BCUT2D eigenvalue weighted by molar-refractivity contribution is 6.31. The third kappa shape index (κ3) is 7.29. The van der Waals surface area contributed by atoms with Crippen molar-refractivity contribution in [3.05, 3.63) is 70.5 Å². The quantitative estimate of drug-likeness (QED) is 0.492. The van der Waals surface area contributed by atoms with Crippen LogP contribution in [0.25, 0.3) is 0 Å². The number of rotatable bonds is 10. The first kappa shape index (κ1) is 28.6. The molecule has 0 spiro atoms. The summed E-state index contributed by atoms with van der Waals surface area (Å²) >= 11 is 6.38. The standard InChI is InChI=1S/C28H36ClFN4O3/c1-4-7-24-28(37)34(25(26(35)32-18(2)3)17-20-8-5-6-9-22(20)29)15-14-33(24)27(36)23(31)16-19-10-12-21(30)13-11-19/h5-6,8-13,18,23-25H,4,7,14-17,31H2,1-3H3,(H,32,35)/t23-,24+,25+/m1/s1. The predicted molar refractivity (Wildman–Crippen MR) is 142 cm³/mol. The molecule has 0 unspecified atom stereocenters. The molecule has 3 atom stereocenters. The molecule has 3 N–H and O–H groups in total. The van der Waals surface area contributed by atoms with Crippen molar-refractivity contribution in [2.45, 2.75) is 70.6 Å². The van der Waals surface area contributed by atoms with E-state index in [-0.39, 0.29) is 55.5 Å². The van der Waals surface area contributed by atoms with E-state index >= 15 is 0 Å². The molecule has 200 valence electrons. The van der Waals surface area contributed by atoms with Gasteiger partial charge in [0, 0.05) is 30.6 Å². The molecule has 0 aliphatic carbocycles. The van der Waals surface area contributed by atoms with Gasteiger partial charge >= 0.3 is 0 Å². The van der Waals surface area contributed by atoms with Crippen LogP contribution in [0.3, 0.4) is 0 Å². The Kier molecular flexibility index (Phi) is 10.1. The molecule has 0 radical (unpaired) electrons. The molecule has 0 saturated carbocycles. The van der Waals surface area contributed by atoms with E-state index in [4.69, 9.17) is 17.3 Å². The highest BCUT2D eigenvalue weighted by atomic mass is 35.5. The van der Waals surface area contributed by atoms with Crippen LogP contribution >= 0.6 is 11.6 Å². The van der Waals surface area contributed by atoms with Gasteiger partial charge in [0.25, 0.3) is 0 Å². The number of nitrogens with zero attached hydrogens (tertiary/aromatic N) is 2. The first-order chi connectivity index (χ1) is 17.6. The number of carbonyl (C=O) groups is 3. The molecule has 3 amide bonds.